The lowest BCUT2D eigenvalue weighted by molar-refractivity contribution is -0.0428. The number of nitrogens with two attached hydrogens (primary N) is 1. The monoisotopic (exact) mass is 269 g/mol. The average molecular weight is 269 g/mol. The normalized spacial score (nSPS) is 25.9. The fourth-order valence-electron chi connectivity index (χ4n) is 3.29. The van der Waals surface area contributed by atoms with Crippen LogP contribution in [-0.4, -0.2) is 67.8 Å². The molecule has 2 rings (SSSR count). The maximum Gasteiger partial charge on any atom is 0.0484 e. The second-order valence-electron chi connectivity index (χ2n) is 6.55. The molecule has 0 aromatic carbocycles. The Labute approximate surface area is 118 Å². The fourth-order valence-corrected chi connectivity index (χ4v) is 3.29. The van der Waals surface area contributed by atoms with Gasteiger partial charge < -0.3 is 15.4 Å². The van der Waals surface area contributed by atoms with E-state index in [4.69, 9.17) is 10.5 Å². The van der Waals surface area contributed by atoms with Crippen LogP contribution in [0.25, 0.3) is 0 Å². The Kier molecular flexibility index (Phi) is 5.63. The van der Waals surface area contributed by atoms with Gasteiger partial charge in [-0.3, -0.25) is 4.90 Å². The summed E-state index contributed by atoms with van der Waals surface area (Å²) in [5.41, 5.74) is 6.32. The third-order valence-electron chi connectivity index (χ3n) is 4.87. The molecule has 0 bridgehead atoms. The molecular formula is C15H31N3O. The third-order valence-corrected chi connectivity index (χ3v) is 4.87. The SMILES string of the molecule is CC(C)CCN1CCN(C2(CN)CCOCC2)CC1. The molecule has 4 nitrogen and oxygen atoms in total. The quantitative estimate of drug-likeness (QED) is 0.813. The van der Waals surface area contributed by atoms with Crippen LogP contribution in [0, 0.1) is 5.92 Å². The highest BCUT2D eigenvalue weighted by atomic mass is 16.5. The van der Waals surface area contributed by atoms with Crippen LogP contribution in [0.15, 0.2) is 0 Å². The van der Waals surface area contributed by atoms with Crippen molar-refractivity contribution in [2.45, 2.75) is 38.6 Å². The van der Waals surface area contributed by atoms with Crippen molar-refractivity contribution in [1.29, 1.82) is 0 Å². The molecule has 112 valence electrons. The van der Waals surface area contributed by atoms with Crippen LogP contribution < -0.4 is 5.73 Å². The lowest BCUT2D eigenvalue weighted by Gasteiger charge is -2.49. The number of nitrogens with zero attached hydrogens (tertiary/aromatic N) is 2. The number of piperazine rings is 1. The topological polar surface area (TPSA) is 41.7 Å². The van der Waals surface area contributed by atoms with Gasteiger partial charge in [0.25, 0.3) is 0 Å². The zero-order valence-corrected chi connectivity index (χ0v) is 12.7. The van der Waals surface area contributed by atoms with E-state index in [0.29, 0.717) is 0 Å². The number of rotatable bonds is 5. The van der Waals surface area contributed by atoms with Crippen molar-refractivity contribution in [1.82, 2.24) is 9.80 Å². The Balaban J connectivity index is 1.81. The van der Waals surface area contributed by atoms with E-state index in [1.54, 1.807) is 0 Å². The largest absolute Gasteiger partial charge is 0.381 e. The van der Waals surface area contributed by atoms with E-state index in [2.05, 4.69) is 23.6 Å². The molecule has 0 aromatic rings. The van der Waals surface area contributed by atoms with Gasteiger partial charge in [0.15, 0.2) is 0 Å². The van der Waals surface area contributed by atoms with Crippen LogP contribution >= 0.6 is 0 Å². The van der Waals surface area contributed by atoms with E-state index in [-0.39, 0.29) is 5.54 Å². The van der Waals surface area contributed by atoms with Crippen molar-refractivity contribution < 1.29 is 4.74 Å². The molecule has 2 fully saturated rings. The first-order valence-corrected chi connectivity index (χ1v) is 7.91. The summed E-state index contributed by atoms with van der Waals surface area (Å²) in [6.45, 7) is 13.2. The molecule has 0 unspecified atom stereocenters. The Morgan fingerprint density at radius 2 is 1.74 bits per heavy atom. The Hall–Kier alpha value is -0.160. The molecule has 0 saturated carbocycles. The molecule has 0 amide bonds. The maximum absolute atomic E-state index is 6.09. The second kappa shape index (κ2) is 7.02. The zero-order valence-electron chi connectivity index (χ0n) is 12.7. The van der Waals surface area contributed by atoms with Gasteiger partial charge in [-0.1, -0.05) is 13.8 Å². The highest BCUT2D eigenvalue weighted by Gasteiger charge is 2.38. The van der Waals surface area contributed by atoms with Gasteiger partial charge in [-0.05, 0) is 31.7 Å². The predicted molar refractivity (Wildman–Crippen MR) is 79.3 cm³/mol. The summed E-state index contributed by atoms with van der Waals surface area (Å²) in [6, 6.07) is 0. The molecule has 4 heteroatoms. The van der Waals surface area contributed by atoms with E-state index in [9.17, 15) is 0 Å². The van der Waals surface area contributed by atoms with Gasteiger partial charge in [-0.15, -0.1) is 0 Å². The summed E-state index contributed by atoms with van der Waals surface area (Å²) in [6.07, 6.45) is 3.53. The van der Waals surface area contributed by atoms with Gasteiger partial charge in [0.1, 0.15) is 0 Å². The molecule has 0 spiro atoms. The first-order chi connectivity index (χ1) is 9.16. The average Bonchev–Trinajstić information content (AvgIpc) is 2.46. The smallest absolute Gasteiger partial charge is 0.0484 e. The molecule has 0 aliphatic carbocycles. The molecule has 0 atom stereocenters. The third kappa shape index (κ3) is 3.91. The molecule has 2 N–H and O–H groups in total. The van der Waals surface area contributed by atoms with E-state index in [1.165, 1.54) is 39.1 Å². The molecule has 2 heterocycles. The van der Waals surface area contributed by atoms with Gasteiger partial charge in [-0.2, -0.15) is 0 Å². The minimum atomic E-state index is 0.225. The maximum atomic E-state index is 6.09. The van der Waals surface area contributed by atoms with Gasteiger partial charge in [0, 0.05) is 51.5 Å². The summed E-state index contributed by atoms with van der Waals surface area (Å²) < 4.78 is 5.51. The fraction of sp³-hybridized carbons (Fsp3) is 1.00. The molecule has 19 heavy (non-hydrogen) atoms. The van der Waals surface area contributed by atoms with Gasteiger partial charge in [-0.25, -0.2) is 0 Å². The van der Waals surface area contributed by atoms with Crippen LogP contribution in [0.5, 0.6) is 0 Å². The van der Waals surface area contributed by atoms with Gasteiger partial charge >= 0.3 is 0 Å². The standard InChI is InChI=1S/C15H31N3O/c1-14(2)3-6-17-7-9-18(10-8-17)15(13-16)4-11-19-12-5-15/h14H,3-13,16H2,1-2H3. The van der Waals surface area contributed by atoms with Crippen LogP contribution in [0.4, 0.5) is 0 Å². The van der Waals surface area contributed by atoms with Crippen molar-refractivity contribution in [2.24, 2.45) is 11.7 Å². The Morgan fingerprint density at radius 1 is 1.11 bits per heavy atom. The molecule has 2 aliphatic rings. The first-order valence-electron chi connectivity index (χ1n) is 7.91. The zero-order chi connectivity index (χ0) is 13.7. The minimum absolute atomic E-state index is 0.225. The molecule has 0 aromatic heterocycles. The van der Waals surface area contributed by atoms with Crippen LogP contribution in [0.1, 0.15) is 33.1 Å². The molecule has 0 radical (unpaired) electrons. The van der Waals surface area contributed by atoms with Crippen molar-refractivity contribution in [2.75, 3.05) is 52.5 Å². The molecular weight excluding hydrogens is 238 g/mol. The van der Waals surface area contributed by atoms with Crippen LogP contribution in [0.3, 0.4) is 0 Å². The van der Waals surface area contributed by atoms with E-state index in [1.807, 2.05) is 0 Å². The van der Waals surface area contributed by atoms with Gasteiger partial charge in [0.2, 0.25) is 0 Å². The summed E-state index contributed by atoms with van der Waals surface area (Å²) in [4.78, 5) is 5.25. The predicted octanol–water partition coefficient (Wildman–Crippen LogP) is 1.16. The van der Waals surface area contributed by atoms with Gasteiger partial charge in [0.05, 0.1) is 0 Å². The Bertz CT molecular complexity index is 256. The van der Waals surface area contributed by atoms with E-state index < -0.39 is 0 Å². The van der Waals surface area contributed by atoms with Crippen molar-refractivity contribution >= 4 is 0 Å². The van der Waals surface area contributed by atoms with Crippen molar-refractivity contribution in [3.8, 4) is 0 Å². The van der Waals surface area contributed by atoms with Crippen LogP contribution in [-0.2, 0) is 4.74 Å². The summed E-state index contributed by atoms with van der Waals surface area (Å²) in [5.74, 6) is 0.809. The number of ether oxygens (including phenoxy) is 1. The number of hydrogen-bond donors (Lipinski definition) is 1. The summed E-state index contributed by atoms with van der Waals surface area (Å²) in [5, 5.41) is 0. The highest BCUT2D eigenvalue weighted by Crippen LogP contribution is 2.28. The van der Waals surface area contributed by atoms with E-state index in [0.717, 1.165) is 38.5 Å². The summed E-state index contributed by atoms with van der Waals surface area (Å²) >= 11 is 0. The lowest BCUT2D eigenvalue weighted by Crippen LogP contribution is -2.62. The minimum Gasteiger partial charge on any atom is -0.381 e. The van der Waals surface area contributed by atoms with Crippen molar-refractivity contribution in [3.05, 3.63) is 0 Å². The Morgan fingerprint density at radius 3 is 2.26 bits per heavy atom. The number of hydrogen-bond acceptors (Lipinski definition) is 4. The molecule has 2 aliphatic heterocycles. The second-order valence-corrected chi connectivity index (χ2v) is 6.55. The first kappa shape index (κ1) is 15.2. The van der Waals surface area contributed by atoms with Crippen molar-refractivity contribution in [3.63, 3.8) is 0 Å². The highest BCUT2D eigenvalue weighted by molar-refractivity contribution is 4.95. The summed E-state index contributed by atoms with van der Waals surface area (Å²) in [7, 11) is 0. The van der Waals surface area contributed by atoms with Crippen LogP contribution in [0.2, 0.25) is 0 Å². The molecule has 2 saturated heterocycles. The lowest BCUT2D eigenvalue weighted by atomic mass is 9.87. The van der Waals surface area contributed by atoms with E-state index >= 15 is 0 Å².